The van der Waals surface area contributed by atoms with Gasteiger partial charge in [0.1, 0.15) is 16.9 Å². The van der Waals surface area contributed by atoms with Gasteiger partial charge in [-0.3, -0.25) is 4.79 Å². The number of nitrogen functional groups attached to an aromatic ring is 1. The maximum absolute atomic E-state index is 12.0. The number of methoxy groups -OCH3 is 2. The van der Waals surface area contributed by atoms with Gasteiger partial charge in [0.05, 0.1) is 19.2 Å². The molecule has 0 aliphatic carbocycles. The Bertz CT molecular complexity index is 936. The van der Waals surface area contributed by atoms with E-state index in [-0.39, 0.29) is 22.1 Å². The summed E-state index contributed by atoms with van der Waals surface area (Å²) in [6.07, 6.45) is 0. The summed E-state index contributed by atoms with van der Waals surface area (Å²) >= 11 is 6.16. The van der Waals surface area contributed by atoms with Gasteiger partial charge in [0.15, 0.2) is 11.5 Å². The lowest BCUT2D eigenvalue weighted by Gasteiger charge is -2.16. The molecule has 0 unspecified atom stereocenters. The summed E-state index contributed by atoms with van der Waals surface area (Å²) in [5.41, 5.74) is 2.65. The molecule has 1 heterocycles. The van der Waals surface area contributed by atoms with Crippen molar-refractivity contribution in [2.24, 2.45) is 0 Å². The van der Waals surface area contributed by atoms with E-state index in [1.54, 1.807) is 0 Å². The first kappa shape index (κ1) is 18.1. The largest absolute Gasteiger partial charge is 0.493 e. The predicted octanol–water partition coefficient (Wildman–Crippen LogP) is 1.69. The fourth-order valence-electron chi connectivity index (χ4n) is 2.36. The Morgan fingerprint density at radius 2 is 1.60 bits per heavy atom. The molecule has 132 valence electrons. The fraction of sp³-hybridized carbons (Fsp3) is 0.133. The molecule has 1 aromatic heterocycles. The number of carboxylic acid groups (broad SMARTS) is 2. The van der Waals surface area contributed by atoms with Gasteiger partial charge in [0.2, 0.25) is 0 Å². The summed E-state index contributed by atoms with van der Waals surface area (Å²) in [6.45, 7) is 0. The number of carbonyl (C=O) groups is 2. The number of hydrogen-bond acceptors (Lipinski definition) is 6. The van der Waals surface area contributed by atoms with E-state index in [4.69, 9.17) is 26.8 Å². The summed E-state index contributed by atoms with van der Waals surface area (Å²) < 4.78 is 10.2. The maximum atomic E-state index is 12.0. The molecule has 0 radical (unpaired) electrons. The highest BCUT2D eigenvalue weighted by Gasteiger charge is 2.28. The van der Waals surface area contributed by atoms with E-state index in [1.807, 2.05) is 4.98 Å². The van der Waals surface area contributed by atoms with Crippen LogP contribution in [-0.4, -0.2) is 41.4 Å². The van der Waals surface area contributed by atoms with E-state index >= 15 is 0 Å². The first-order chi connectivity index (χ1) is 11.7. The number of pyridine rings is 1. The van der Waals surface area contributed by atoms with E-state index in [2.05, 4.69) is 0 Å². The van der Waals surface area contributed by atoms with Crippen LogP contribution in [0.15, 0.2) is 16.9 Å². The van der Waals surface area contributed by atoms with Crippen LogP contribution in [0.25, 0.3) is 11.1 Å². The quantitative estimate of drug-likeness (QED) is 0.622. The molecule has 0 spiro atoms. The Morgan fingerprint density at radius 3 is 2.08 bits per heavy atom. The minimum absolute atomic E-state index is 0.0485. The summed E-state index contributed by atoms with van der Waals surface area (Å²) in [5, 5.41) is 18.8. The molecule has 9 nitrogen and oxygen atoms in total. The van der Waals surface area contributed by atoms with E-state index in [0.717, 1.165) is 0 Å². The van der Waals surface area contributed by atoms with E-state index in [0.29, 0.717) is 0 Å². The third-order valence-corrected chi connectivity index (χ3v) is 3.73. The highest BCUT2D eigenvalue weighted by atomic mass is 35.5. The zero-order valence-electron chi connectivity index (χ0n) is 13.0. The van der Waals surface area contributed by atoms with E-state index < -0.39 is 40.0 Å². The predicted molar refractivity (Wildman–Crippen MR) is 88.9 cm³/mol. The van der Waals surface area contributed by atoms with Crippen molar-refractivity contribution in [3.05, 3.63) is 38.6 Å². The number of rotatable bonds is 5. The Balaban J connectivity index is 3.03. The first-order valence-electron chi connectivity index (χ1n) is 6.67. The van der Waals surface area contributed by atoms with Gasteiger partial charge in [-0.2, -0.15) is 0 Å². The van der Waals surface area contributed by atoms with Crippen LogP contribution in [0.4, 0.5) is 5.82 Å². The van der Waals surface area contributed by atoms with Crippen LogP contribution < -0.4 is 20.8 Å². The third kappa shape index (κ3) is 3.09. The second-order valence-electron chi connectivity index (χ2n) is 4.79. The maximum Gasteiger partial charge on any atom is 0.342 e. The smallest absolute Gasteiger partial charge is 0.342 e. The summed E-state index contributed by atoms with van der Waals surface area (Å²) in [7, 11) is 2.70. The number of aromatic carboxylic acids is 2. The topological polar surface area (TPSA) is 152 Å². The normalized spacial score (nSPS) is 10.4. The first-order valence-corrected chi connectivity index (χ1v) is 7.04. The molecule has 0 atom stereocenters. The average Bonchev–Trinajstić information content (AvgIpc) is 2.52. The molecule has 0 bridgehead atoms. The minimum atomic E-state index is -1.63. The molecule has 25 heavy (non-hydrogen) atoms. The SMILES string of the molecule is COc1cc(Cl)c(-c2c(C(=O)O)c(N)[nH]c(=O)c2C(=O)O)cc1OC. The van der Waals surface area contributed by atoms with Crippen molar-refractivity contribution in [3.63, 3.8) is 0 Å². The Morgan fingerprint density at radius 1 is 1.08 bits per heavy atom. The van der Waals surface area contributed by atoms with Crippen molar-refractivity contribution in [3.8, 4) is 22.6 Å². The molecule has 2 rings (SSSR count). The second-order valence-corrected chi connectivity index (χ2v) is 5.20. The van der Waals surface area contributed by atoms with Gasteiger partial charge in [-0.05, 0) is 6.07 Å². The number of H-pyrrole nitrogens is 1. The van der Waals surface area contributed by atoms with Gasteiger partial charge >= 0.3 is 11.9 Å². The number of carboxylic acids is 2. The Kier molecular flexibility index (Phi) is 4.89. The number of nitrogens with one attached hydrogen (secondary N) is 1. The average molecular weight is 369 g/mol. The van der Waals surface area contributed by atoms with Crippen molar-refractivity contribution in [1.29, 1.82) is 0 Å². The lowest BCUT2D eigenvalue weighted by Crippen LogP contribution is -2.24. The van der Waals surface area contributed by atoms with Crippen LogP contribution in [-0.2, 0) is 0 Å². The van der Waals surface area contributed by atoms with Crippen molar-refractivity contribution in [2.45, 2.75) is 0 Å². The third-order valence-electron chi connectivity index (χ3n) is 3.41. The fourth-order valence-corrected chi connectivity index (χ4v) is 2.61. The number of aromatic amines is 1. The molecule has 0 fully saturated rings. The minimum Gasteiger partial charge on any atom is -0.493 e. The van der Waals surface area contributed by atoms with Crippen LogP contribution in [0.1, 0.15) is 20.7 Å². The van der Waals surface area contributed by atoms with Crippen LogP contribution >= 0.6 is 11.6 Å². The number of hydrogen-bond donors (Lipinski definition) is 4. The summed E-state index contributed by atoms with van der Waals surface area (Å²) in [4.78, 5) is 37.2. The van der Waals surface area contributed by atoms with Crippen molar-refractivity contribution < 1.29 is 29.3 Å². The molecule has 10 heteroatoms. The zero-order valence-corrected chi connectivity index (χ0v) is 13.8. The molecule has 0 aliphatic heterocycles. The number of halogens is 1. The van der Waals surface area contributed by atoms with Gasteiger partial charge in [-0.15, -0.1) is 0 Å². The molecule has 0 saturated carbocycles. The van der Waals surface area contributed by atoms with Gasteiger partial charge in [0, 0.05) is 17.2 Å². The highest BCUT2D eigenvalue weighted by molar-refractivity contribution is 6.34. The van der Waals surface area contributed by atoms with Crippen molar-refractivity contribution >= 4 is 29.4 Å². The molecule has 0 aliphatic rings. The zero-order chi connectivity index (χ0) is 18.9. The van der Waals surface area contributed by atoms with Crippen LogP contribution in [0, 0.1) is 0 Å². The van der Waals surface area contributed by atoms with Gasteiger partial charge in [-0.25, -0.2) is 9.59 Å². The summed E-state index contributed by atoms with van der Waals surface area (Å²) in [6, 6.07) is 2.58. The van der Waals surface area contributed by atoms with Gasteiger partial charge in [0.25, 0.3) is 5.56 Å². The molecular formula is C15H13ClN2O7. The van der Waals surface area contributed by atoms with Gasteiger partial charge in [-0.1, -0.05) is 11.6 Å². The lowest BCUT2D eigenvalue weighted by molar-refractivity contribution is 0.0695. The molecule has 0 saturated heterocycles. The number of ether oxygens (including phenoxy) is 2. The highest BCUT2D eigenvalue weighted by Crippen LogP contribution is 2.41. The Labute approximate surface area is 145 Å². The van der Waals surface area contributed by atoms with Crippen LogP contribution in [0.3, 0.4) is 0 Å². The monoisotopic (exact) mass is 368 g/mol. The van der Waals surface area contributed by atoms with E-state index in [9.17, 15) is 24.6 Å². The molecule has 0 amide bonds. The van der Waals surface area contributed by atoms with Crippen LogP contribution in [0.2, 0.25) is 5.02 Å². The standard InChI is InChI=1S/C15H13ClN2O7/c1-24-7-3-5(6(16)4-8(7)25-2)9-10(14(20)21)12(17)18-13(19)11(9)15(22)23/h3-4H,1-2H3,(H,20,21)(H,22,23)(H3,17,18,19). The Hall–Kier alpha value is -3.20. The summed E-state index contributed by atoms with van der Waals surface area (Å²) in [5.74, 6) is -3.26. The van der Waals surface area contributed by atoms with E-state index in [1.165, 1.54) is 26.4 Å². The van der Waals surface area contributed by atoms with Crippen LogP contribution in [0.5, 0.6) is 11.5 Å². The number of anilines is 1. The lowest BCUT2D eigenvalue weighted by atomic mass is 9.95. The number of benzene rings is 1. The number of aromatic nitrogens is 1. The number of nitrogens with two attached hydrogens (primary N) is 1. The molecule has 2 aromatic rings. The van der Waals surface area contributed by atoms with Crippen molar-refractivity contribution in [2.75, 3.05) is 20.0 Å². The second kappa shape index (κ2) is 6.73. The van der Waals surface area contributed by atoms with Gasteiger partial charge < -0.3 is 30.4 Å². The van der Waals surface area contributed by atoms with Crippen molar-refractivity contribution in [1.82, 2.24) is 4.98 Å². The molecular weight excluding hydrogens is 356 g/mol. The molecule has 1 aromatic carbocycles. The molecule has 5 N–H and O–H groups in total.